The Labute approximate surface area is 283 Å². The molecule has 49 heavy (non-hydrogen) atoms. The van der Waals surface area contributed by atoms with Gasteiger partial charge in [0.2, 0.25) is 0 Å². The lowest BCUT2D eigenvalue weighted by molar-refractivity contribution is 0.673. The Morgan fingerprint density at radius 2 is 1.00 bits per heavy atom. The van der Waals surface area contributed by atoms with E-state index < -0.39 is 0 Å². The summed E-state index contributed by atoms with van der Waals surface area (Å²) in [7, 11) is 0. The lowest BCUT2D eigenvalue weighted by Crippen LogP contribution is -1.95. The maximum atomic E-state index is 9.94. The van der Waals surface area contributed by atoms with Crippen LogP contribution in [0.5, 0.6) is 0 Å². The molecule has 228 valence electrons. The Kier molecular flexibility index (Phi) is 6.81. The summed E-state index contributed by atoms with van der Waals surface area (Å²) in [6.45, 7) is 0. The van der Waals surface area contributed by atoms with E-state index in [0.717, 1.165) is 83.0 Å². The topological polar surface area (TPSA) is 62.7 Å². The molecule has 9 rings (SSSR count). The number of nitriles is 1. The highest BCUT2D eigenvalue weighted by atomic mass is 16.3. The lowest BCUT2D eigenvalue weighted by Gasteiger charge is -2.10. The largest absolute Gasteiger partial charge is 0.455 e. The third kappa shape index (κ3) is 5.02. The van der Waals surface area contributed by atoms with Crippen LogP contribution in [0.4, 0.5) is 0 Å². The van der Waals surface area contributed by atoms with E-state index in [-0.39, 0.29) is 0 Å². The van der Waals surface area contributed by atoms with Crippen LogP contribution in [0.15, 0.2) is 168 Å². The number of benzene rings is 7. The van der Waals surface area contributed by atoms with Crippen LogP contribution in [0.1, 0.15) is 5.56 Å². The first kappa shape index (κ1) is 28.4. The van der Waals surface area contributed by atoms with Crippen molar-refractivity contribution in [3.8, 4) is 62.2 Å². The van der Waals surface area contributed by atoms with Gasteiger partial charge in [-0.25, -0.2) is 9.97 Å². The van der Waals surface area contributed by atoms with Gasteiger partial charge in [0.1, 0.15) is 11.2 Å². The van der Waals surface area contributed by atoms with Crippen molar-refractivity contribution in [2.75, 3.05) is 0 Å². The maximum absolute atomic E-state index is 9.94. The SMILES string of the molecule is N#Cc1cc2c(oc3cccc(-c4ccc(-c5ccc(-c6cc(-c7ccccc7)nc(-c7ccccc7)n6)cc5)cc4)c32)c2ccccc12. The van der Waals surface area contributed by atoms with E-state index in [1.54, 1.807) is 0 Å². The van der Waals surface area contributed by atoms with Crippen molar-refractivity contribution in [2.45, 2.75) is 0 Å². The van der Waals surface area contributed by atoms with Crippen LogP contribution in [-0.4, -0.2) is 9.97 Å². The van der Waals surface area contributed by atoms with Gasteiger partial charge in [0.25, 0.3) is 0 Å². The molecular weight excluding hydrogens is 599 g/mol. The Morgan fingerprint density at radius 1 is 0.449 bits per heavy atom. The zero-order valence-electron chi connectivity index (χ0n) is 26.3. The highest BCUT2D eigenvalue weighted by molar-refractivity contribution is 6.20. The van der Waals surface area contributed by atoms with Gasteiger partial charge in [0.15, 0.2) is 5.82 Å². The van der Waals surface area contributed by atoms with Crippen LogP contribution < -0.4 is 0 Å². The first-order valence-corrected chi connectivity index (χ1v) is 16.2. The molecule has 0 atom stereocenters. The number of aromatic nitrogens is 2. The van der Waals surface area contributed by atoms with Crippen molar-refractivity contribution in [3.63, 3.8) is 0 Å². The number of furan rings is 1. The third-order valence-electron chi connectivity index (χ3n) is 9.16. The number of fused-ring (bicyclic) bond motifs is 5. The monoisotopic (exact) mass is 625 g/mol. The molecular formula is C45H27N3O. The second-order valence-electron chi connectivity index (χ2n) is 12.1. The van der Waals surface area contributed by atoms with Crippen molar-refractivity contribution in [2.24, 2.45) is 0 Å². The summed E-state index contributed by atoms with van der Waals surface area (Å²) in [5.41, 5.74) is 11.5. The van der Waals surface area contributed by atoms with Crippen LogP contribution >= 0.6 is 0 Å². The van der Waals surface area contributed by atoms with Crippen LogP contribution in [-0.2, 0) is 0 Å². The van der Waals surface area contributed by atoms with Crippen LogP contribution in [0.25, 0.3) is 88.9 Å². The lowest BCUT2D eigenvalue weighted by atomic mass is 9.95. The molecule has 0 radical (unpaired) electrons. The Balaban J connectivity index is 1.07. The summed E-state index contributed by atoms with van der Waals surface area (Å²) in [5, 5.41) is 13.8. The maximum Gasteiger partial charge on any atom is 0.160 e. The summed E-state index contributed by atoms with van der Waals surface area (Å²) in [6, 6.07) is 58.0. The number of nitrogens with zero attached hydrogens (tertiary/aromatic N) is 3. The van der Waals surface area contributed by atoms with Gasteiger partial charge in [-0.1, -0.05) is 146 Å². The second kappa shape index (κ2) is 11.8. The molecule has 0 saturated heterocycles. The molecule has 0 N–H and O–H groups in total. The molecule has 0 spiro atoms. The Hall–Kier alpha value is -6.83. The van der Waals surface area contributed by atoms with Gasteiger partial charge in [-0.15, -0.1) is 0 Å². The van der Waals surface area contributed by atoms with Crippen molar-refractivity contribution in [1.29, 1.82) is 5.26 Å². The van der Waals surface area contributed by atoms with E-state index in [2.05, 4.69) is 78.9 Å². The molecule has 0 bridgehead atoms. The molecule has 2 aromatic heterocycles. The molecule has 0 unspecified atom stereocenters. The van der Waals surface area contributed by atoms with Crippen molar-refractivity contribution < 1.29 is 4.42 Å². The minimum atomic E-state index is 0.647. The fourth-order valence-electron chi connectivity index (χ4n) is 6.73. The van der Waals surface area contributed by atoms with E-state index in [1.807, 2.05) is 91.0 Å². The summed E-state index contributed by atoms with van der Waals surface area (Å²) in [4.78, 5) is 9.90. The molecule has 0 aliphatic rings. The first-order valence-electron chi connectivity index (χ1n) is 16.2. The van der Waals surface area contributed by atoms with Gasteiger partial charge in [-0.2, -0.15) is 5.26 Å². The zero-order valence-corrected chi connectivity index (χ0v) is 26.3. The molecule has 0 aliphatic carbocycles. The Morgan fingerprint density at radius 3 is 1.65 bits per heavy atom. The summed E-state index contributed by atoms with van der Waals surface area (Å²) >= 11 is 0. The molecule has 9 aromatic rings. The molecule has 0 amide bonds. The van der Waals surface area contributed by atoms with E-state index in [4.69, 9.17) is 14.4 Å². The molecule has 7 aromatic carbocycles. The summed E-state index contributed by atoms with van der Waals surface area (Å²) in [6.07, 6.45) is 0. The average molecular weight is 626 g/mol. The van der Waals surface area contributed by atoms with Gasteiger partial charge >= 0.3 is 0 Å². The molecule has 4 nitrogen and oxygen atoms in total. The molecule has 0 aliphatic heterocycles. The van der Waals surface area contributed by atoms with Crippen LogP contribution in [0.3, 0.4) is 0 Å². The van der Waals surface area contributed by atoms with Crippen molar-refractivity contribution >= 4 is 32.7 Å². The number of hydrogen-bond donors (Lipinski definition) is 0. The van der Waals surface area contributed by atoms with Gasteiger partial charge in [-0.05, 0) is 40.5 Å². The predicted molar refractivity (Wildman–Crippen MR) is 199 cm³/mol. The average Bonchev–Trinajstić information content (AvgIpc) is 3.57. The van der Waals surface area contributed by atoms with Gasteiger partial charge in [0.05, 0.1) is 23.0 Å². The molecule has 0 saturated carbocycles. The Bertz CT molecular complexity index is 2630. The standard InChI is InChI=1S/C45H27N3O/c46-28-35-26-39-43-37(16-9-17-42(43)49-44(39)38-15-8-7-14-36(35)38)31-22-18-29(19-23-31)30-20-24-33(25-21-30)41-27-40(32-10-3-1-4-11-32)47-45(48-41)34-12-5-2-6-13-34/h1-27H. The molecule has 2 heterocycles. The zero-order chi connectivity index (χ0) is 32.7. The predicted octanol–water partition coefficient (Wildman–Crippen LogP) is 11.7. The second-order valence-corrected chi connectivity index (χ2v) is 12.1. The van der Waals surface area contributed by atoms with E-state index in [9.17, 15) is 5.26 Å². The van der Waals surface area contributed by atoms with Crippen LogP contribution in [0, 0.1) is 11.3 Å². The molecule has 4 heteroatoms. The normalized spacial score (nSPS) is 11.2. The van der Waals surface area contributed by atoms with Gasteiger partial charge < -0.3 is 4.42 Å². The van der Waals surface area contributed by atoms with E-state index in [0.29, 0.717) is 11.4 Å². The minimum absolute atomic E-state index is 0.647. The van der Waals surface area contributed by atoms with Crippen molar-refractivity contribution in [1.82, 2.24) is 9.97 Å². The summed E-state index contributed by atoms with van der Waals surface area (Å²) < 4.78 is 6.41. The van der Waals surface area contributed by atoms with Gasteiger partial charge in [-0.3, -0.25) is 0 Å². The summed E-state index contributed by atoms with van der Waals surface area (Å²) in [5.74, 6) is 0.703. The highest BCUT2D eigenvalue weighted by Crippen LogP contribution is 2.41. The molecule has 0 fully saturated rings. The fraction of sp³-hybridized carbons (Fsp3) is 0. The van der Waals surface area contributed by atoms with Gasteiger partial charge in [0, 0.05) is 38.2 Å². The quantitative estimate of drug-likeness (QED) is 0.191. The number of rotatable bonds is 5. The highest BCUT2D eigenvalue weighted by Gasteiger charge is 2.17. The van der Waals surface area contributed by atoms with E-state index >= 15 is 0 Å². The third-order valence-corrected chi connectivity index (χ3v) is 9.16. The number of hydrogen-bond acceptors (Lipinski definition) is 4. The smallest absolute Gasteiger partial charge is 0.160 e. The fourth-order valence-corrected chi connectivity index (χ4v) is 6.73. The van der Waals surface area contributed by atoms with Crippen LogP contribution in [0.2, 0.25) is 0 Å². The first-order chi connectivity index (χ1) is 24.2. The minimum Gasteiger partial charge on any atom is -0.455 e. The van der Waals surface area contributed by atoms with E-state index in [1.165, 1.54) is 0 Å². The van der Waals surface area contributed by atoms with Crippen molar-refractivity contribution in [3.05, 3.63) is 169 Å².